The van der Waals surface area contributed by atoms with E-state index in [9.17, 15) is 4.79 Å². The van der Waals surface area contributed by atoms with Crippen LogP contribution in [0.3, 0.4) is 0 Å². The number of hydroxylamine groups is 2. The molecule has 0 spiro atoms. The van der Waals surface area contributed by atoms with Crippen LogP contribution in [-0.4, -0.2) is 49.2 Å². The van der Waals surface area contributed by atoms with Crippen molar-refractivity contribution in [2.45, 2.75) is 77.8 Å². The first kappa shape index (κ1) is 31.5. The lowest BCUT2D eigenvalue weighted by Crippen LogP contribution is -2.45. The Morgan fingerprint density at radius 1 is 0.857 bits per heavy atom. The number of aryl methyl sites for hydroxylation is 1. The smallest absolute Gasteiger partial charge is 0.494 e. The predicted molar refractivity (Wildman–Crippen MR) is 163 cm³/mol. The molecular formula is C35H45NO6. The van der Waals surface area contributed by atoms with Gasteiger partial charge in [0.25, 0.3) is 0 Å². The Hall–Kier alpha value is -3.39. The first-order valence-corrected chi connectivity index (χ1v) is 15.0. The Morgan fingerprint density at radius 3 is 2.24 bits per heavy atom. The van der Waals surface area contributed by atoms with E-state index >= 15 is 0 Å². The minimum atomic E-state index is -0.693. The summed E-state index contributed by atoms with van der Waals surface area (Å²) in [5.41, 5.74) is 4.15. The SMILES string of the molecule is CCc1ccc(COC2CN(OC(=O)OC(C)(C)C)CCC2c2ccc(OCCCOCc3ccccc3)cc2)cc1. The summed E-state index contributed by atoms with van der Waals surface area (Å²) < 4.78 is 23.5. The van der Waals surface area contributed by atoms with Crippen LogP contribution in [-0.2, 0) is 38.7 Å². The maximum atomic E-state index is 12.3. The van der Waals surface area contributed by atoms with Gasteiger partial charge in [-0.2, -0.15) is 0 Å². The predicted octanol–water partition coefficient (Wildman–Crippen LogP) is 7.48. The van der Waals surface area contributed by atoms with Crippen molar-refractivity contribution in [2.24, 2.45) is 0 Å². The first-order chi connectivity index (χ1) is 20.3. The van der Waals surface area contributed by atoms with Gasteiger partial charge in [-0.05, 0) is 68.0 Å². The van der Waals surface area contributed by atoms with Gasteiger partial charge in [-0.1, -0.05) is 73.7 Å². The lowest BCUT2D eigenvalue weighted by atomic mass is 9.87. The lowest BCUT2D eigenvalue weighted by Gasteiger charge is -2.37. The fraction of sp³-hybridized carbons (Fsp3) is 0.457. The molecule has 0 aliphatic carbocycles. The average Bonchev–Trinajstić information content (AvgIpc) is 2.98. The molecular weight excluding hydrogens is 530 g/mol. The monoisotopic (exact) mass is 575 g/mol. The van der Waals surface area contributed by atoms with Gasteiger partial charge in [-0.15, -0.1) is 5.06 Å². The second-order valence-corrected chi connectivity index (χ2v) is 11.7. The lowest BCUT2D eigenvalue weighted by molar-refractivity contribution is -0.179. The number of ether oxygens (including phenoxy) is 4. The number of hydrogen-bond donors (Lipinski definition) is 0. The van der Waals surface area contributed by atoms with Crippen molar-refractivity contribution in [3.63, 3.8) is 0 Å². The topological polar surface area (TPSA) is 66.5 Å². The second kappa shape index (κ2) is 15.7. The van der Waals surface area contributed by atoms with Gasteiger partial charge in [0.05, 0.1) is 39.1 Å². The molecule has 1 aliphatic heterocycles. The molecule has 3 aromatic carbocycles. The molecule has 1 saturated heterocycles. The standard InChI is InChI=1S/C35H45NO6/c1-5-27-12-14-29(15-13-27)26-40-33-24-36(42-34(37)41-35(2,3)4)21-20-32(33)30-16-18-31(19-17-30)39-23-9-22-38-25-28-10-7-6-8-11-28/h6-8,10-19,32-33H,5,9,20-26H2,1-4H3. The molecule has 2 unspecified atom stereocenters. The Kier molecular flexibility index (Phi) is 11.8. The maximum absolute atomic E-state index is 12.3. The summed E-state index contributed by atoms with van der Waals surface area (Å²) >= 11 is 0. The quantitative estimate of drug-likeness (QED) is 0.155. The number of carbonyl (C=O) groups excluding carboxylic acids is 1. The van der Waals surface area contributed by atoms with Crippen LogP contribution in [0.2, 0.25) is 0 Å². The van der Waals surface area contributed by atoms with Crippen molar-refractivity contribution >= 4 is 6.16 Å². The van der Waals surface area contributed by atoms with Crippen LogP contribution in [0.4, 0.5) is 4.79 Å². The van der Waals surface area contributed by atoms with Gasteiger partial charge in [0.15, 0.2) is 0 Å². The molecule has 0 radical (unpaired) electrons. The molecule has 2 atom stereocenters. The van der Waals surface area contributed by atoms with E-state index in [2.05, 4.69) is 55.5 Å². The van der Waals surface area contributed by atoms with E-state index in [-0.39, 0.29) is 12.0 Å². The van der Waals surface area contributed by atoms with Crippen LogP contribution in [0.1, 0.15) is 68.7 Å². The molecule has 42 heavy (non-hydrogen) atoms. The van der Waals surface area contributed by atoms with E-state index in [4.69, 9.17) is 23.8 Å². The minimum absolute atomic E-state index is 0.152. The van der Waals surface area contributed by atoms with Gasteiger partial charge in [0.1, 0.15) is 11.4 Å². The van der Waals surface area contributed by atoms with Gasteiger partial charge < -0.3 is 23.8 Å². The fourth-order valence-electron chi connectivity index (χ4n) is 4.90. The van der Waals surface area contributed by atoms with Gasteiger partial charge in [-0.25, -0.2) is 4.79 Å². The molecule has 0 bridgehead atoms. The molecule has 0 aromatic heterocycles. The van der Waals surface area contributed by atoms with E-state index in [1.54, 1.807) is 5.06 Å². The summed E-state index contributed by atoms with van der Waals surface area (Å²) in [6.45, 7) is 11.0. The molecule has 1 aliphatic rings. The highest BCUT2D eigenvalue weighted by molar-refractivity contribution is 5.60. The molecule has 7 heteroatoms. The van der Waals surface area contributed by atoms with Crippen molar-refractivity contribution in [1.82, 2.24) is 5.06 Å². The van der Waals surface area contributed by atoms with Crippen molar-refractivity contribution in [1.29, 1.82) is 0 Å². The molecule has 7 nitrogen and oxygen atoms in total. The second-order valence-electron chi connectivity index (χ2n) is 11.7. The van der Waals surface area contributed by atoms with E-state index in [0.29, 0.717) is 39.5 Å². The van der Waals surface area contributed by atoms with Gasteiger partial charge in [0.2, 0.25) is 0 Å². The summed E-state index contributed by atoms with van der Waals surface area (Å²) in [6.07, 6.45) is 1.74. The van der Waals surface area contributed by atoms with Crippen LogP contribution < -0.4 is 4.74 Å². The third kappa shape index (κ3) is 10.5. The van der Waals surface area contributed by atoms with Crippen molar-refractivity contribution in [2.75, 3.05) is 26.3 Å². The number of piperidine rings is 1. The highest BCUT2D eigenvalue weighted by Crippen LogP contribution is 2.32. The zero-order chi connectivity index (χ0) is 29.8. The van der Waals surface area contributed by atoms with Crippen LogP contribution in [0, 0.1) is 0 Å². The summed E-state index contributed by atoms with van der Waals surface area (Å²) in [7, 11) is 0. The number of nitrogens with zero attached hydrogens (tertiary/aromatic N) is 1. The largest absolute Gasteiger partial charge is 0.528 e. The molecule has 0 saturated carbocycles. The number of benzene rings is 3. The Bertz CT molecular complexity index is 1210. The minimum Gasteiger partial charge on any atom is -0.494 e. The maximum Gasteiger partial charge on any atom is 0.528 e. The highest BCUT2D eigenvalue weighted by Gasteiger charge is 2.34. The van der Waals surface area contributed by atoms with E-state index in [1.807, 2.05) is 51.1 Å². The summed E-state index contributed by atoms with van der Waals surface area (Å²) in [4.78, 5) is 17.9. The zero-order valence-electron chi connectivity index (χ0n) is 25.4. The highest BCUT2D eigenvalue weighted by atomic mass is 16.8. The fourth-order valence-corrected chi connectivity index (χ4v) is 4.90. The summed E-state index contributed by atoms with van der Waals surface area (Å²) in [5, 5.41) is 1.66. The molecule has 226 valence electrons. The molecule has 0 N–H and O–H groups in total. The van der Waals surface area contributed by atoms with Crippen molar-refractivity contribution in [3.8, 4) is 5.75 Å². The normalized spacial score (nSPS) is 17.5. The summed E-state index contributed by atoms with van der Waals surface area (Å²) in [6, 6.07) is 27.0. The third-order valence-electron chi connectivity index (χ3n) is 7.13. The van der Waals surface area contributed by atoms with Crippen LogP contribution in [0.25, 0.3) is 0 Å². The Labute approximate surface area is 250 Å². The number of hydrogen-bond acceptors (Lipinski definition) is 7. The van der Waals surface area contributed by atoms with Crippen molar-refractivity contribution in [3.05, 3.63) is 101 Å². The molecule has 1 heterocycles. The number of carbonyl (C=O) groups is 1. The molecule has 4 rings (SSSR count). The first-order valence-electron chi connectivity index (χ1n) is 15.0. The number of rotatable bonds is 13. The van der Waals surface area contributed by atoms with Crippen LogP contribution in [0.15, 0.2) is 78.9 Å². The summed E-state index contributed by atoms with van der Waals surface area (Å²) in [5.74, 6) is 0.986. The van der Waals surface area contributed by atoms with E-state index in [0.717, 1.165) is 30.6 Å². The van der Waals surface area contributed by atoms with Crippen LogP contribution >= 0.6 is 0 Å². The molecule has 3 aromatic rings. The van der Waals surface area contributed by atoms with Crippen LogP contribution in [0.5, 0.6) is 5.75 Å². The Balaban J connectivity index is 1.31. The van der Waals surface area contributed by atoms with E-state index < -0.39 is 11.8 Å². The van der Waals surface area contributed by atoms with Gasteiger partial charge >= 0.3 is 6.16 Å². The van der Waals surface area contributed by atoms with Gasteiger partial charge in [0, 0.05) is 18.9 Å². The Morgan fingerprint density at radius 2 is 1.55 bits per heavy atom. The van der Waals surface area contributed by atoms with E-state index in [1.165, 1.54) is 16.7 Å². The third-order valence-corrected chi connectivity index (χ3v) is 7.13. The van der Waals surface area contributed by atoms with Crippen molar-refractivity contribution < 1.29 is 28.6 Å². The average molecular weight is 576 g/mol. The zero-order valence-corrected chi connectivity index (χ0v) is 25.4. The molecule has 0 amide bonds. The molecule has 1 fully saturated rings. The van der Waals surface area contributed by atoms with Gasteiger partial charge in [-0.3, -0.25) is 0 Å².